The van der Waals surface area contributed by atoms with Gasteiger partial charge in [0, 0.05) is 19.1 Å². The van der Waals surface area contributed by atoms with Gasteiger partial charge in [-0.2, -0.15) is 0 Å². The Morgan fingerprint density at radius 3 is 2.47 bits per heavy atom. The molecule has 19 heavy (non-hydrogen) atoms. The summed E-state index contributed by atoms with van der Waals surface area (Å²) in [5.74, 6) is -0.650. The van der Waals surface area contributed by atoms with Gasteiger partial charge >= 0.3 is 5.97 Å². The number of carboxylic acids is 1. The molecule has 0 amide bonds. The van der Waals surface area contributed by atoms with Gasteiger partial charge in [-0.25, -0.2) is 0 Å². The monoisotopic (exact) mass is 270 g/mol. The van der Waals surface area contributed by atoms with Crippen LogP contribution < -0.4 is 0 Å². The van der Waals surface area contributed by atoms with Crippen molar-refractivity contribution < 1.29 is 9.90 Å². The van der Waals surface area contributed by atoms with E-state index < -0.39 is 11.4 Å². The molecular formula is C15H30N2O2. The lowest BCUT2D eigenvalue weighted by atomic mass is 9.82. The van der Waals surface area contributed by atoms with E-state index in [0.29, 0.717) is 25.4 Å². The van der Waals surface area contributed by atoms with Gasteiger partial charge in [0.2, 0.25) is 0 Å². The lowest BCUT2D eigenvalue weighted by Gasteiger charge is -2.34. The van der Waals surface area contributed by atoms with Gasteiger partial charge in [-0.3, -0.25) is 9.69 Å². The van der Waals surface area contributed by atoms with Gasteiger partial charge in [0.25, 0.3) is 0 Å². The van der Waals surface area contributed by atoms with Crippen LogP contribution >= 0.6 is 0 Å². The van der Waals surface area contributed by atoms with Crippen molar-refractivity contribution in [3.05, 3.63) is 0 Å². The second kappa shape index (κ2) is 7.25. The highest BCUT2D eigenvalue weighted by atomic mass is 16.4. The second-order valence-electron chi connectivity index (χ2n) is 5.91. The quantitative estimate of drug-likeness (QED) is 0.735. The highest BCUT2D eigenvalue weighted by Gasteiger charge is 2.36. The van der Waals surface area contributed by atoms with Gasteiger partial charge < -0.3 is 10.0 Å². The molecule has 0 radical (unpaired) electrons. The zero-order chi connectivity index (χ0) is 14.5. The van der Waals surface area contributed by atoms with Crippen LogP contribution in [0.5, 0.6) is 0 Å². The Kier molecular flexibility index (Phi) is 6.27. The van der Waals surface area contributed by atoms with Gasteiger partial charge in [0.15, 0.2) is 0 Å². The maximum absolute atomic E-state index is 11.5. The minimum absolute atomic E-state index is 0.579. The van der Waals surface area contributed by atoms with E-state index in [-0.39, 0.29) is 0 Å². The van der Waals surface area contributed by atoms with E-state index in [1.165, 1.54) is 19.4 Å². The SMILES string of the molecule is CCN1CCCC1CN(C)CC(CC)(CC)C(=O)O. The van der Waals surface area contributed by atoms with Crippen molar-refractivity contribution in [2.24, 2.45) is 5.41 Å². The molecule has 0 aromatic carbocycles. The third kappa shape index (κ3) is 3.93. The van der Waals surface area contributed by atoms with Gasteiger partial charge in [-0.15, -0.1) is 0 Å². The highest BCUT2D eigenvalue weighted by Crippen LogP contribution is 2.28. The predicted molar refractivity (Wildman–Crippen MR) is 78.4 cm³/mol. The summed E-state index contributed by atoms with van der Waals surface area (Å²) in [5.41, 5.74) is -0.579. The van der Waals surface area contributed by atoms with Crippen molar-refractivity contribution in [3.63, 3.8) is 0 Å². The molecule has 0 bridgehead atoms. The summed E-state index contributed by atoms with van der Waals surface area (Å²) in [7, 11) is 2.06. The molecule has 1 unspecified atom stereocenters. The molecule has 0 saturated carbocycles. The molecule has 1 heterocycles. The fourth-order valence-electron chi connectivity index (χ4n) is 3.30. The molecule has 4 heteroatoms. The van der Waals surface area contributed by atoms with Crippen molar-refractivity contribution in [1.29, 1.82) is 0 Å². The first-order chi connectivity index (χ1) is 8.99. The molecule has 1 saturated heterocycles. The fraction of sp³-hybridized carbons (Fsp3) is 0.933. The largest absolute Gasteiger partial charge is 0.481 e. The Morgan fingerprint density at radius 2 is 2.00 bits per heavy atom. The zero-order valence-electron chi connectivity index (χ0n) is 13.0. The number of rotatable bonds is 8. The molecule has 1 fully saturated rings. The molecule has 0 aromatic heterocycles. The van der Waals surface area contributed by atoms with Crippen LogP contribution in [0.15, 0.2) is 0 Å². The summed E-state index contributed by atoms with van der Waals surface area (Å²) < 4.78 is 0. The highest BCUT2D eigenvalue weighted by molar-refractivity contribution is 5.74. The lowest BCUT2D eigenvalue weighted by Crippen LogP contribution is -2.45. The first-order valence-corrected chi connectivity index (χ1v) is 7.65. The van der Waals surface area contributed by atoms with Crippen LogP contribution in [-0.2, 0) is 4.79 Å². The van der Waals surface area contributed by atoms with Gasteiger partial charge in [-0.1, -0.05) is 20.8 Å². The van der Waals surface area contributed by atoms with Gasteiger partial charge in [0.1, 0.15) is 0 Å². The summed E-state index contributed by atoms with van der Waals surface area (Å²) in [6, 6.07) is 0.607. The number of likely N-dealkylation sites (N-methyl/N-ethyl adjacent to an activating group) is 2. The van der Waals surface area contributed by atoms with E-state index >= 15 is 0 Å². The number of likely N-dealkylation sites (tertiary alicyclic amines) is 1. The molecule has 1 N–H and O–H groups in total. The Hall–Kier alpha value is -0.610. The van der Waals surface area contributed by atoms with Crippen molar-refractivity contribution in [2.45, 2.75) is 52.5 Å². The minimum atomic E-state index is -0.650. The standard InChI is InChI=1S/C15H30N2O2/c1-5-15(6-2,14(18)19)12-16(4)11-13-9-8-10-17(13)7-3/h13H,5-12H2,1-4H3,(H,18,19). The lowest BCUT2D eigenvalue weighted by molar-refractivity contribution is -0.150. The number of carboxylic acid groups (broad SMARTS) is 1. The van der Waals surface area contributed by atoms with E-state index in [1.54, 1.807) is 0 Å². The Bertz CT molecular complexity index is 290. The van der Waals surface area contributed by atoms with Crippen LogP contribution in [0.3, 0.4) is 0 Å². The zero-order valence-corrected chi connectivity index (χ0v) is 13.0. The molecule has 4 nitrogen and oxygen atoms in total. The molecule has 1 aliphatic rings. The summed E-state index contributed by atoms with van der Waals surface area (Å²) in [6.07, 6.45) is 3.92. The molecule has 0 aromatic rings. The molecule has 1 aliphatic heterocycles. The van der Waals surface area contributed by atoms with Crippen LogP contribution in [0.25, 0.3) is 0 Å². The number of aliphatic carboxylic acids is 1. The third-order valence-corrected chi connectivity index (χ3v) is 4.81. The van der Waals surface area contributed by atoms with Gasteiger partial charge in [0.05, 0.1) is 5.41 Å². The van der Waals surface area contributed by atoms with E-state index in [1.807, 2.05) is 13.8 Å². The summed E-state index contributed by atoms with van der Waals surface area (Å²) in [4.78, 5) is 16.3. The Morgan fingerprint density at radius 1 is 1.37 bits per heavy atom. The molecule has 1 atom stereocenters. The number of nitrogens with zero attached hydrogens (tertiary/aromatic N) is 2. The number of carbonyl (C=O) groups is 1. The first kappa shape index (κ1) is 16.4. The summed E-state index contributed by atoms with van der Waals surface area (Å²) in [5, 5.41) is 9.49. The van der Waals surface area contributed by atoms with Crippen molar-refractivity contribution in [3.8, 4) is 0 Å². The van der Waals surface area contributed by atoms with Crippen LogP contribution in [0, 0.1) is 5.41 Å². The first-order valence-electron chi connectivity index (χ1n) is 7.65. The van der Waals surface area contributed by atoms with E-state index in [4.69, 9.17) is 0 Å². The Labute approximate surface area is 117 Å². The Balaban J connectivity index is 2.58. The molecule has 1 rings (SSSR count). The van der Waals surface area contributed by atoms with E-state index in [2.05, 4.69) is 23.8 Å². The van der Waals surface area contributed by atoms with Crippen LogP contribution in [-0.4, -0.2) is 60.1 Å². The van der Waals surface area contributed by atoms with E-state index in [9.17, 15) is 9.90 Å². The maximum atomic E-state index is 11.5. The number of hydrogen-bond acceptors (Lipinski definition) is 3. The molecule has 0 aliphatic carbocycles. The molecule has 0 spiro atoms. The summed E-state index contributed by atoms with van der Waals surface area (Å²) in [6.45, 7) is 10.1. The third-order valence-electron chi connectivity index (χ3n) is 4.81. The fourth-order valence-corrected chi connectivity index (χ4v) is 3.30. The number of hydrogen-bond donors (Lipinski definition) is 1. The smallest absolute Gasteiger partial charge is 0.310 e. The minimum Gasteiger partial charge on any atom is -0.481 e. The van der Waals surface area contributed by atoms with E-state index in [0.717, 1.165) is 13.1 Å². The summed E-state index contributed by atoms with van der Waals surface area (Å²) >= 11 is 0. The predicted octanol–water partition coefficient (Wildman–Crippen LogP) is 2.29. The van der Waals surface area contributed by atoms with Crippen LogP contribution in [0.4, 0.5) is 0 Å². The normalized spacial score (nSPS) is 21.2. The van der Waals surface area contributed by atoms with Crippen molar-refractivity contribution in [1.82, 2.24) is 9.80 Å². The van der Waals surface area contributed by atoms with Crippen LogP contribution in [0.2, 0.25) is 0 Å². The second-order valence-corrected chi connectivity index (χ2v) is 5.91. The van der Waals surface area contributed by atoms with Crippen molar-refractivity contribution >= 4 is 5.97 Å². The average Bonchev–Trinajstić information content (AvgIpc) is 2.82. The van der Waals surface area contributed by atoms with Crippen LogP contribution in [0.1, 0.15) is 46.5 Å². The molecular weight excluding hydrogens is 240 g/mol. The molecule has 112 valence electrons. The average molecular weight is 270 g/mol. The van der Waals surface area contributed by atoms with Gasteiger partial charge in [-0.05, 0) is 45.8 Å². The van der Waals surface area contributed by atoms with Crippen molar-refractivity contribution in [2.75, 3.05) is 33.2 Å². The topological polar surface area (TPSA) is 43.8 Å². The maximum Gasteiger partial charge on any atom is 0.310 e.